The average molecular weight is 226 g/mol. The fourth-order valence-electron chi connectivity index (χ4n) is 3.70. The fourth-order valence-corrected chi connectivity index (χ4v) is 3.70. The summed E-state index contributed by atoms with van der Waals surface area (Å²) in [6.45, 7) is 6.51. The predicted octanol–water partition coefficient (Wildman–Crippen LogP) is 3.13. The molecule has 94 valence electrons. The van der Waals surface area contributed by atoms with E-state index in [1.165, 1.54) is 25.7 Å². The first-order valence-corrected chi connectivity index (χ1v) is 6.87. The molecule has 0 amide bonds. The molecule has 1 aliphatic carbocycles. The zero-order valence-electron chi connectivity index (χ0n) is 10.9. The Bertz CT molecular complexity index is 221. The van der Waals surface area contributed by atoms with Gasteiger partial charge in [-0.15, -0.1) is 0 Å². The third-order valence-corrected chi connectivity index (χ3v) is 4.52. The lowest BCUT2D eigenvalue weighted by atomic mass is 9.69. The van der Waals surface area contributed by atoms with E-state index in [2.05, 4.69) is 20.8 Å². The highest BCUT2D eigenvalue weighted by Crippen LogP contribution is 2.42. The zero-order chi connectivity index (χ0) is 11.8. The standard InChI is InChI=1S/C14H26O2/c1-10-4-6-13(7-5-10)14(15)8-11(2)16-12(3)9-14/h10-13,15H,4-9H2,1-3H3. The smallest absolute Gasteiger partial charge is 0.0724 e. The topological polar surface area (TPSA) is 29.5 Å². The lowest BCUT2D eigenvalue weighted by Crippen LogP contribution is -2.49. The molecule has 1 saturated carbocycles. The third kappa shape index (κ3) is 2.60. The molecule has 2 atom stereocenters. The molecule has 2 nitrogen and oxygen atoms in total. The molecule has 0 radical (unpaired) electrons. The van der Waals surface area contributed by atoms with Gasteiger partial charge in [0.2, 0.25) is 0 Å². The van der Waals surface area contributed by atoms with Crippen LogP contribution >= 0.6 is 0 Å². The molecule has 1 aliphatic heterocycles. The highest BCUT2D eigenvalue weighted by molar-refractivity contribution is 4.94. The van der Waals surface area contributed by atoms with Gasteiger partial charge in [0, 0.05) is 12.8 Å². The maximum atomic E-state index is 10.8. The number of hydrogen-bond acceptors (Lipinski definition) is 2. The Morgan fingerprint density at radius 3 is 1.94 bits per heavy atom. The number of ether oxygens (including phenoxy) is 1. The van der Waals surface area contributed by atoms with Gasteiger partial charge >= 0.3 is 0 Å². The maximum Gasteiger partial charge on any atom is 0.0724 e. The normalized spacial score (nSPS) is 50.2. The molecule has 2 rings (SSSR count). The minimum atomic E-state index is -0.447. The molecule has 1 saturated heterocycles. The van der Waals surface area contributed by atoms with Gasteiger partial charge in [-0.3, -0.25) is 0 Å². The highest BCUT2D eigenvalue weighted by Gasteiger charge is 2.43. The van der Waals surface area contributed by atoms with Crippen molar-refractivity contribution < 1.29 is 9.84 Å². The first-order chi connectivity index (χ1) is 7.49. The van der Waals surface area contributed by atoms with Crippen molar-refractivity contribution in [1.29, 1.82) is 0 Å². The summed E-state index contributed by atoms with van der Waals surface area (Å²) in [7, 11) is 0. The van der Waals surface area contributed by atoms with Crippen LogP contribution in [0.2, 0.25) is 0 Å². The lowest BCUT2D eigenvalue weighted by molar-refractivity contribution is -0.161. The molecule has 0 spiro atoms. The molecular formula is C14H26O2. The van der Waals surface area contributed by atoms with Gasteiger partial charge in [-0.25, -0.2) is 0 Å². The average Bonchev–Trinajstić information content (AvgIpc) is 2.16. The Hall–Kier alpha value is -0.0800. The van der Waals surface area contributed by atoms with Crippen LogP contribution < -0.4 is 0 Å². The molecule has 0 aromatic heterocycles. The zero-order valence-corrected chi connectivity index (χ0v) is 10.9. The second kappa shape index (κ2) is 4.66. The van der Waals surface area contributed by atoms with E-state index in [0.29, 0.717) is 5.92 Å². The van der Waals surface area contributed by atoms with Crippen LogP contribution in [0, 0.1) is 11.8 Å². The van der Waals surface area contributed by atoms with E-state index in [-0.39, 0.29) is 12.2 Å². The molecule has 1 N–H and O–H groups in total. The van der Waals surface area contributed by atoms with Crippen molar-refractivity contribution in [2.24, 2.45) is 11.8 Å². The van der Waals surface area contributed by atoms with E-state index in [9.17, 15) is 5.11 Å². The Morgan fingerprint density at radius 2 is 1.44 bits per heavy atom. The number of rotatable bonds is 1. The van der Waals surface area contributed by atoms with Crippen LogP contribution in [-0.2, 0) is 4.74 Å². The third-order valence-electron chi connectivity index (χ3n) is 4.52. The van der Waals surface area contributed by atoms with Crippen molar-refractivity contribution in [2.75, 3.05) is 0 Å². The van der Waals surface area contributed by atoms with Gasteiger partial charge in [0.1, 0.15) is 0 Å². The monoisotopic (exact) mass is 226 g/mol. The van der Waals surface area contributed by atoms with Gasteiger partial charge in [-0.2, -0.15) is 0 Å². The van der Waals surface area contributed by atoms with E-state index in [1.54, 1.807) is 0 Å². The molecule has 2 aliphatic rings. The summed E-state index contributed by atoms with van der Waals surface area (Å²) in [6, 6.07) is 0. The van der Waals surface area contributed by atoms with Gasteiger partial charge in [-0.05, 0) is 38.5 Å². The molecular weight excluding hydrogens is 200 g/mol. The Morgan fingerprint density at radius 1 is 0.938 bits per heavy atom. The van der Waals surface area contributed by atoms with Crippen molar-refractivity contribution >= 4 is 0 Å². The summed E-state index contributed by atoms with van der Waals surface area (Å²) >= 11 is 0. The Kier molecular flexibility index (Phi) is 3.60. The molecule has 0 aromatic rings. The van der Waals surface area contributed by atoms with Crippen molar-refractivity contribution in [3.8, 4) is 0 Å². The molecule has 0 aromatic carbocycles. The largest absolute Gasteiger partial charge is 0.389 e. The molecule has 2 heteroatoms. The van der Waals surface area contributed by atoms with Crippen molar-refractivity contribution in [3.05, 3.63) is 0 Å². The fraction of sp³-hybridized carbons (Fsp3) is 1.00. The van der Waals surface area contributed by atoms with E-state index < -0.39 is 5.60 Å². The van der Waals surface area contributed by atoms with Crippen LogP contribution in [0.5, 0.6) is 0 Å². The van der Waals surface area contributed by atoms with E-state index in [0.717, 1.165) is 18.8 Å². The minimum Gasteiger partial charge on any atom is -0.389 e. The predicted molar refractivity (Wildman–Crippen MR) is 65.3 cm³/mol. The van der Waals surface area contributed by atoms with Crippen LogP contribution in [0.1, 0.15) is 59.3 Å². The van der Waals surface area contributed by atoms with Crippen LogP contribution in [-0.4, -0.2) is 22.9 Å². The lowest BCUT2D eigenvalue weighted by Gasteiger charge is -2.46. The molecule has 1 heterocycles. The number of hydrogen-bond donors (Lipinski definition) is 1. The van der Waals surface area contributed by atoms with Crippen LogP contribution in [0.15, 0.2) is 0 Å². The summed E-state index contributed by atoms with van der Waals surface area (Å²) in [4.78, 5) is 0. The van der Waals surface area contributed by atoms with Gasteiger partial charge < -0.3 is 9.84 Å². The molecule has 16 heavy (non-hydrogen) atoms. The van der Waals surface area contributed by atoms with Crippen LogP contribution in [0.3, 0.4) is 0 Å². The van der Waals surface area contributed by atoms with Crippen LogP contribution in [0.25, 0.3) is 0 Å². The maximum absolute atomic E-state index is 10.8. The van der Waals surface area contributed by atoms with Crippen LogP contribution in [0.4, 0.5) is 0 Å². The first kappa shape index (κ1) is 12.4. The Balaban J connectivity index is 2.00. The Labute approximate surface area is 99.4 Å². The quantitative estimate of drug-likeness (QED) is 0.744. The van der Waals surface area contributed by atoms with Crippen molar-refractivity contribution in [2.45, 2.75) is 77.1 Å². The molecule has 2 unspecified atom stereocenters. The second-order valence-corrected chi connectivity index (χ2v) is 6.23. The summed E-state index contributed by atoms with van der Waals surface area (Å²) in [5, 5.41) is 10.8. The highest BCUT2D eigenvalue weighted by atomic mass is 16.5. The van der Waals surface area contributed by atoms with Gasteiger partial charge in [0.25, 0.3) is 0 Å². The summed E-state index contributed by atoms with van der Waals surface area (Å²) in [5.41, 5.74) is -0.447. The van der Waals surface area contributed by atoms with E-state index in [1.807, 2.05) is 0 Å². The van der Waals surface area contributed by atoms with Crippen molar-refractivity contribution in [3.63, 3.8) is 0 Å². The van der Waals surface area contributed by atoms with E-state index in [4.69, 9.17) is 4.74 Å². The van der Waals surface area contributed by atoms with Gasteiger partial charge in [0.15, 0.2) is 0 Å². The first-order valence-electron chi connectivity index (χ1n) is 6.87. The summed E-state index contributed by atoms with van der Waals surface area (Å²) in [5.74, 6) is 1.37. The van der Waals surface area contributed by atoms with Gasteiger partial charge in [-0.1, -0.05) is 19.8 Å². The number of aliphatic hydroxyl groups is 1. The summed E-state index contributed by atoms with van der Waals surface area (Å²) < 4.78 is 5.73. The van der Waals surface area contributed by atoms with Gasteiger partial charge in [0.05, 0.1) is 17.8 Å². The molecule has 2 fully saturated rings. The minimum absolute atomic E-state index is 0.216. The molecule has 0 bridgehead atoms. The SMILES string of the molecule is CC1CCC(C2(O)CC(C)OC(C)C2)CC1. The van der Waals surface area contributed by atoms with E-state index >= 15 is 0 Å². The van der Waals surface area contributed by atoms with Crippen molar-refractivity contribution in [1.82, 2.24) is 0 Å². The second-order valence-electron chi connectivity index (χ2n) is 6.23. The summed E-state index contributed by atoms with van der Waals surface area (Å²) in [6.07, 6.45) is 7.08.